The Balaban J connectivity index is 1.44. The van der Waals surface area contributed by atoms with Crippen LogP contribution in [0.2, 0.25) is 0 Å². The highest BCUT2D eigenvalue weighted by molar-refractivity contribution is 5.60. The Labute approximate surface area is 158 Å². The van der Waals surface area contributed by atoms with Crippen molar-refractivity contribution in [2.24, 2.45) is 5.92 Å². The normalized spacial score (nSPS) is 14.8. The summed E-state index contributed by atoms with van der Waals surface area (Å²) in [6, 6.07) is 8.81. The number of unbranched alkanes of at least 4 members (excludes halogenated alkanes) is 2. The van der Waals surface area contributed by atoms with Crippen LogP contribution in [0, 0.1) is 5.92 Å². The van der Waals surface area contributed by atoms with E-state index in [1.165, 1.54) is 56.1 Å². The summed E-state index contributed by atoms with van der Waals surface area (Å²) in [5, 5.41) is 8.87. The summed E-state index contributed by atoms with van der Waals surface area (Å²) in [6.45, 7) is 2.38. The lowest BCUT2D eigenvalue weighted by Crippen LogP contribution is -2.33. The second-order valence-electron chi connectivity index (χ2n) is 7.73. The van der Waals surface area contributed by atoms with Gasteiger partial charge >= 0.3 is 0 Å². The Bertz CT molecular complexity index is 630. The minimum absolute atomic E-state index is 0.281. The number of rotatable bonds is 10. The standard InChI is InChI=1S/C23H34N2O/c26-20-6-5-15-25-18-12-23(13-19-25)22-10-16-24(17-11-22)14-4-3-9-21-7-1-2-8-21/h10-13,16-19,21,26H,1-9,14-15,20H2/q+2. The predicted molar refractivity (Wildman–Crippen MR) is 104 cm³/mol. The van der Waals surface area contributed by atoms with Gasteiger partial charge in [0, 0.05) is 43.7 Å². The Morgan fingerprint density at radius 2 is 1.23 bits per heavy atom. The van der Waals surface area contributed by atoms with Crippen LogP contribution >= 0.6 is 0 Å². The maximum atomic E-state index is 8.87. The molecule has 3 heteroatoms. The van der Waals surface area contributed by atoms with E-state index in [1.807, 2.05) is 0 Å². The molecule has 0 radical (unpaired) electrons. The zero-order valence-corrected chi connectivity index (χ0v) is 16.0. The predicted octanol–water partition coefficient (Wildman–Crippen LogP) is 4.06. The molecule has 3 nitrogen and oxygen atoms in total. The van der Waals surface area contributed by atoms with Gasteiger partial charge in [-0.2, -0.15) is 0 Å². The smallest absolute Gasteiger partial charge is 0.169 e. The average molecular weight is 355 g/mol. The SMILES string of the molecule is OCCCC[n+]1ccc(-c2cc[n+](CCCCC3CCCC3)cc2)cc1. The molecule has 1 aliphatic carbocycles. The molecular weight excluding hydrogens is 320 g/mol. The summed E-state index contributed by atoms with van der Waals surface area (Å²) < 4.78 is 4.50. The molecule has 3 rings (SSSR count). The lowest BCUT2D eigenvalue weighted by molar-refractivity contribution is -0.697. The lowest BCUT2D eigenvalue weighted by atomic mass is 10.0. The van der Waals surface area contributed by atoms with Crippen LogP contribution in [0.5, 0.6) is 0 Å². The van der Waals surface area contributed by atoms with Gasteiger partial charge in [0.25, 0.3) is 0 Å². The van der Waals surface area contributed by atoms with Crippen LogP contribution < -0.4 is 9.13 Å². The first-order valence-corrected chi connectivity index (χ1v) is 10.4. The van der Waals surface area contributed by atoms with Crippen LogP contribution in [-0.2, 0) is 13.1 Å². The van der Waals surface area contributed by atoms with Gasteiger partial charge in [0.05, 0.1) is 0 Å². The zero-order valence-electron chi connectivity index (χ0n) is 16.0. The van der Waals surface area contributed by atoms with Crippen molar-refractivity contribution >= 4 is 0 Å². The van der Waals surface area contributed by atoms with Crippen molar-refractivity contribution in [3.8, 4) is 11.1 Å². The van der Waals surface area contributed by atoms with E-state index >= 15 is 0 Å². The van der Waals surface area contributed by atoms with Gasteiger partial charge in [0.15, 0.2) is 24.8 Å². The molecule has 1 aliphatic rings. The molecule has 0 atom stereocenters. The van der Waals surface area contributed by atoms with Gasteiger partial charge in [0.1, 0.15) is 13.1 Å². The van der Waals surface area contributed by atoms with Crippen molar-refractivity contribution < 1.29 is 14.2 Å². The molecule has 0 unspecified atom stereocenters. The van der Waals surface area contributed by atoms with E-state index in [-0.39, 0.29) is 6.61 Å². The van der Waals surface area contributed by atoms with E-state index in [2.05, 4.69) is 58.2 Å². The molecule has 0 bridgehead atoms. The summed E-state index contributed by atoms with van der Waals surface area (Å²) in [5.74, 6) is 1.02. The van der Waals surface area contributed by atoms with E-state index in [1.54, 1.807) is 0 Å². The Morgan fingerprint density at radius 1 is 0.731 bits per heavy atom. The second-order valence-corrected chi connectivity index (χ2v) is 7.73. The van der Waals surface area contributed by atoms with Crippen molar-refractivity contribution in [1.29, 1.82) is 0 Å². The van der Waals surface area contributed by atoms with E-state index in [0.717, 1.165) is 31.8 Å². The molecule has 2 aromatic heterocycles. The number of aryl methyl sites for hydroxylation is 2. The molecule has 0 aromatic carbocycles. The van der Waals surface area contributed by atoms with Crippen LogP contribution in [0.15, 0.2) is 49.1 Å². The van der Waals surface area contributed by atoms with Gasteiger partial charge in [-0.3, -0.25) is 0 Å². The highest BCUT2D eigenvalue weighted by Crippen LogP contribution is 2.28. The quantitative estimate of drug-likeness (QED) is 0.506. The molecule has 2 aromatic rings. The van der Waals surface area contributed by atoms with E-state index in [0.29, 0.717) is 0 Å². The fourth-order valence-electron chi connectivity index (χ4n) is 4.03. The van der Waals surface area contributed by atoms with Gasteiger partial charge in [0.2, 0.25) is 0 Å². The summed E-state index contributed by atoms with van der Waals surface area (Å²) in [4.78, 5) is 0. The van der Waals surface area contributed by atoms with Crippen LogP contribution in [-0.4, -0.2) is 11.7 Å². The molecule has 1 fully saturated rings. The second kappa shape index (κ2) is 10.4. The van der Waals surface area contributed by atoms with Gasteiger partial charge in [-0.25, -0.2) is 9.13 Å². The third-order valence-electron chi connectivity index (χ3n) is 5.69. The Morgan fingerprint density at radius 3 is 1.73 bits per heavy atom. The maximum Gasteiger partial charge on any atom is 0.169 e. The van der Waals surface area contributed by atoms with Crippen molar-refractivity contribution in [2.75, 3.05) is 6.61 Å². The molecule has 1 saturated carbocycles. The first-order valence-electron chi connectivity index (χ1n) is 10.4. The minimum atomic E-state index is 0.281. The molecule has 0 saturated heterocycles. The van der Waals surface area contributed by atoms with Gasteiger partial charge in [-0.05, 0) is 29.9 Å². The fraction of sp³-hybridized carbons (Fsp3) is 0.565. The van der Waals surface area contributed by atoms with Gasteiger partial charge in [-0.1, -0.05) is 32.1 Å². The first kappa shape index (κ1) is 19.0. The van der Waals surface area contributed by atoms with Gasteiger partial charge in [-0.15, -0.1) is 0 Å². The summed E-state index contributed by atoms with van der Waals surface area (Å²) in [7, 11) is 0. The van der Waals surface area contributed by atoms with Crippen LogP contribution in [0.4, 0.5) is 0 Å². The number of hydrogen-bond acceptors (Lipinski definition) is 1. The van der Waals surface area contributed by atoms with Crippen molar-refractivity contribution in [1.82, 2.24) is 0 Å². The highest BCUT2D eigenvalue weighted by Gasteiger charge is 2.14. The molecule has 0 aliphatic heterocycles. The van der Waals surface area contributed by atoms with E-state index < -0.39 is 0 Å². The van der Waals surface area contributed by atoms with Crippen molar-refractivity contribution in [3.05, 3.63) is 49.1 Å². The van der Waals surface area contributed by atoms with Crippen LogP contribution in [0.1, 0.15) is 57.8 Å². The number of aliphatic hydroxyl groups excluding tert-OH is 1. The number of nitrogens with zero attached hydrogens (tertiary/aromatic N) is 2. The number of aliphatic hydroxyl groups is 1. The monoisotopic (exact) mass is 354 g/mol. The van der Waals surface area contributed by atoms with Crippen LogP contribution in [0.25, 0.3) is 11.1 Å². The Kier molecular flexibility index (Phi) is 7.63. The highest BCUT2D eigenvalue weighted by atomic mass is 16.2. The average Bonchev–Trinajstić information content (AvgIpc) is 3.20. The Hall–Kier alpha value is -1.74. The topological polar surface area (TPSA) is 28.0 Å². The van der Waals surface area contributed by atoms with Crippen LogP contribution in [0.3, 0.4) is 0 Å². The molecule has 140 valence electrons. The van der Waals surface area contributed by atoms with E-state index in [9.17, 15) is 0 Å². The summed E-state index contributed by atoms with van der Waals surface area (Å²) in [6.07, 6.45) is 20.6. The number of pyridine rings is 2. The molecule has 2 heterocycles. The van der Waals surface area contributed by atoms with Gasteiger partial charge < -0.3 is 5.11 Å². The molecule has 26 heavy (non-hydrogen) atoms. The number of hydrogen-bond donors (Lipinski definition) is 1. The van der Waals surface area contributed by atoms with Crippen molar-refractivity contribution in [3.63, 3.8) is 0 Å². The maximum absolute atomic E-state index is 8.87. The summed E-state index contributed by atoms with van der Waals surface area (Å²) in [5.41, 5.74) is 2.53. The number of aromatic nitrogens is 2. The summed E-state index contributed by atoms with van der Waals surface area (Å²) >= 11 is 0. The zero-order chi connectivity index (χ0) is 18.0. The molecule has 1 N–H and O–H groups in total. The fourth-order valence-corrected chi connectivity index (χ4v) is 4.03. The molecular formula is C23H34N2O+2. The largest absolute Gasteiger partial charge is 0.396 e. The third kappa shape index (κ3) is 5.91. The first-order chi connectivity index (χ1) is 12.8. The third-order valence-corrected chi connectivity index (χ3v) is 5.69. The van der Waals surface area contributed by atoms with E-state index in [4.69, 9.17) is 5.11 Å². The molecule has 0 amide bonds. The lowest BCUT2D eigenvalue weighted by Gasteiger charge is -2.07. The van der Waals surface area contributed by atoms with Crippen molar-refractivity contribution in [2.45, 2.75) is 70.9 Å². The minimum Gasteiger partial charge on any atom is -0.396 e. The molecule has 0 spiro atoms.